The minimum Gasteiger partial charge on any atom is -0.489 e. The number of hydrogen-bond donors (Lipinski definition) is 1. The van der Waals surface area contributed by atoms with Gasteiger partial charge in [-0.05, 0) is 60.9 Å². The van der Waals surface area contributed by atoms with Gasteiger partial charge in [-0.15, -0.1) is 0 Å². The molecular formula is C28H28N2O4. The van der Waals surface area contributed by atoms with Crippen molar-refractivity contribution in [3.63, 3.8) is 0 Å². The summed E-state index contributed by atoms with van der Waals surface area (Å²) < 4.78 is 11.5. The summed E-state index contributed by atoms with van der Waals surface area (Å²) in [5.74, 6) is 1.07. The van der Waals surface area contributed by atoms with E-state index >= 15 is 0 Å². The van der Waals surface area contributed by atoms with Crippen LogP contribution in [0.3, 0.4) is 0 Å². The Labute approximate surface area is 199 Å². The lowest BCUT2D eigenvalue weighted by Crippen LogP contribution is -2.44. The highest BCUT2D eigenvalue weighted by atomic mass is 16.5. The van der Waals surface area contributed by atoms with E-state index in [1.165, 1.54) is 6.08 Å². The molecule has 174 valence electrons. The van der Waals surface area contributed by atoms with Crippen LogP contribution in [-0.4, -0.2) is 24.5 Å². The lowest BCUT2D eigenvalue weighted by molar-refractivity contribution is -0.125. The van der Waals surface area contributed by atoms with E-state index in [1.54, 1.807) is 36.1 Å². The molecule has 1 atom stereocenters. The van der Waals surface area contributed by atoms with Crippen molar-refractivity contribution in [2.45, 2.75) is 33.0 Å². The molecular weight excluding hydrogens is 428 g/mol. The maximum Gasteiger partial charge on any atom is 0.267 e. The first kappa shape index (κ1) is 23.1. The number of benzene rings is 3. The minimum atomic E-state index is -0.516. The van der Waals surface area contributed by atoms with Gasteiger partial charge in [-0.3, -0.25) is 9.59 Å². The van der Waals surface area contributed by atoms with E-state index in [0.29, 0.717) is 30.3 Å². The average Bonchev–Trinajstić information content (AvgIpc) is 2.86. The van der Waals surface area contributed by atoms with E-state index in [-0.39, 0.29) is 11.8 Å². The fraction of sp³-hybridized carbons (Fsp3) is 0.214. The Morgan fingerprint density at radius 1 is 1.09 bits per heavy atom. The van der Waals surface area contributed by atoms with E-state index < -0.39 is 6.10 Å². The van der Waals surface area contributed by atoms with Gasteiger partial charge < -0.3 is 19.7 Å². The monoisotopic (exact) mass is 456 g/mol. The zero-order valence-electron chi connectivity index (χ0n) is 19.4. The van der Waals surface area contributed by atoms with Gasteiger partial charge in [0, 0.05) is 18.3 Å². The molecule has 0 aromatic heterocycles. The molecule has 1 aliphatic heterocycles. The van der Waals surface area contributed by atoms with E-state index in [0.717, 1.165) is 23.3 Å². The second-order valence-corrected chi connectivity index (χ2v) is 8.10. The molecule has 34 heavy (non-hydrogen) atoms. The number of hydrogen-bond acceptors (Lipinski definition) is 4. The van der Waals surface area contributed by atoms with Crippen LogP contribution in [0.25, 0.3) is 6.08 Å². The number of rotatable bonds is 8. The van der Waals surface area contributed by atoms with Crippen LogP contribution in [0.4, 0.5) is 11.4 Å². The van der Waals surface area contributed by atoms with Crippen LogP contribution < -0.4 is 19.7 Å². The highest BCUT2D eigenvalue weighted by Crippen LogP contribution is 2.36. The molecule has 0 aliphatic carbocycles. The number of nitrogens with one attached hydrogen (secondary N) is 1. The molecule has 4 rings (SSSR count). The lowest BCUT2D eigenvalue weighted by atomic mass is 10.1. The number of fused-ring (bicyclic) bond motifs is 1. The Morgan fingerprint density at radius 3 is 2.59 bits per heavy atom. The topological polar surface area (TPSA) is 67.9 Å². The molecule has 0 saturated carbocycles. The molecule has 1 N–H and O–H groups in total. The molecule has 0 fully saturated rings. The maximum atomic E-state index is 12.5. The third kappa shape index (κ3) is 5.64. The molecule has 1 heterocycles. The van der Waals surface area contributed by atoms with Crippen LogP contribution in [0, 0.1) is 0 Å². The van der Waals surface area contributed by atoms with Gasteiger partial charge in [0.05, 0.1) is 5.69 Å². The number of carbonyl (C=O) groups excluding carboxylic acids is 2. The third-order valence-corrected chi connectivity index (χ3v) is 5.44. The maximum absolute atomic E-state index is 12.5. The Kier molecular flexibility index (Phi) is 7.28. The summed E-state index contributed by atoms with van der Waals surface area (Å²) in [5.41, 5.74) is 3.27. The Balaban J connectivity index is 1.36. The highest BCUT2D eigenvalue weighted by Gasteiger charge is 2.31. The lowest BCUT2D eigenvalue weighted by Gasteiger charge is -2.33. The number of carbonyl (C=O) groups is 2. The Morgan fingerprint density at radius 2 is 1.85 bits per heavy atom. The predicted octanol–water partition coefficient (Wildman–Crippen LogP) is 5.44. The Hall–Kier alpha value is -4.06. The molecule has 0 bridgehead atoms. The fourth-order valence-electron chi connectivity index (χ4n) is 3.71. The van der Waals surface area contributed by atoms with Crippen molar-refractivity contribution < 1.29 is 19.1 Å². The van der Waals surface area contributed by atoms with Crippen molar-refractivity contribution in [3.05, 3.63) is 90.0 Å². The van der Waals surface area contributed by atoms with Crippen LogP contribution in [-0.2, 0) is 16.2 Å². The summed E-state index contributed by atoms with van der Waals surface area (Å²) in [5, 5.41) is 2.86. The van der Waals surface area contributed by atoms with Crippen LogP contribution in [0.15, 0.2) is 78.9 Å². The molecule has 3 aromatic carbocycles. The number of ether oxygens (including phenoxy) is 2. The second-order valence-electron chi connectivity index (χ2n) is 8.10. The summed E-state index contributed by atoms with van der Waals surface area (Å²) in [6, 6.07) is 22.9. The highest BCUT2D eigenvalue weighted by molar-refractivity contribution is 6.04. The predicted molar refractivity (Wildman–Crippen MR) is 134 cm³/mol. The van der Waals surface area contributed by atoms with Crippen molar-refractivity contribution in [3.8, 4) is 11.5 Å². The molecule has 0 radical (unpaired) electrons. The molecule has 3 aromatic rings. The number of nitrogens with zero attached hydrogens (tertiary/aromatic N) is 1. The van der Waals surface area contributed by atoms with Crippen molar-refractivity contribution >= 4 is 29.3 Å². The summed E-state index contributed by atoms with van der Waals surface area (Å²) in [7, 11) is 0. The third-order valence-electron chi connectivity index (χ3n) is 5.44. The van der Waals surface area contributed by atoms with Gasteiger partial charge in [-0.1, -0.05) is 49.4 Å². The first-order valence-electron chi connectivity index (χ1n) is 11.4. The number of anilines is 2. The minimum absolute atomic E-state index is 0.0751. The van der Waals surface area contributed by atoms with Crippen LogP contribution >= 0.6 is 0 Å². The van der Waals surface area contributed by atoms with Crippen molar-refractivity contribution in [2.24, 2.45) is 0 Å². The van der Waals surface area contributed by atoms with E-state index in [1.807, 2.05) is 61.5 Å². The normalized spacial score (nSPS) is 15.1. The van der Waals surface area contributed by atoms with Gasteiger partial charge in [-0.2, -0.15) is 0 Å². The quantitative estimate of drug-likeness (QED) is 0.458. The van der Waals surface area contributed by atoms with Gasteiger partial charge >= 0.3 is 0 Å². The van der Waals surface area contributed by atoms with E-state index in [2.05, 4.69) is 5.32 Å². The molecule has 6 nitrogen and oxygen atoms in total. The first-order valence-corrected chi connectivity index (χ1v) is 11.4. The van der Waals surface area contributed by atoms with Crippen molar-refractivity contribution in [2.75, 3.05) is 16.8 Å². The van der Waals surface area contributed by atoms with Gasteiger partial charge in [0.15, 0.2) is 6.10 Å². The van der Waals surface area contributed by atoms with Crippen LogP contribution in [0.2, 0.25) is 0 Å². The second kappa shape index (κ2) is 10.7. The van der Waals surface area contributed by atoms with Crippen molar-refractivity contribution in [1.82, 2.24) is 0 Å². The molecule has 0 saturated heterocycles. The molecule has 1 aliphatic rings. The van der Waals surface area contributed by atoms with Gasteiger partial charge in [0.1, 0.15) is 18.1 Å². The molecule has 2 amide bonds. The largest absolute Gasteiger partial charge is 0.489 e. The zero-order chi connectivity index (χ0) is 23.9. The van der Waals surface area contributed by atoms with Crippen LogP contribution in [0.5, 0.6) is 11.5 Å². The first-order chi connectivity index (χ1) is 16.5. The molecule has 6 heteroatoms. The summed E-state index contributed by atoms with van der Waals surface area (Å²) in [6.07, 6.45) is 3.53. The number of amides is 2. The molecule has 1 unspecified atom stereocenters. The van der Waals surface area contributed by atoms with E-state index in [9.17, 15) is 9.59 Å². The van der Waals surface area contributed by atoms with Gasteiger partial charge in [-0.25, -0.2) is 0 Å². The zero-order valence-corrected chi connectivity index (χ0v) is 19.4. The van der Waals surface area contributed by atoms with Gasteiger partial charge in [0.2, 0.25) is 5.91 Å². The average molecular weight is 457 g/mol. The van der Waals surface area contributed by atoms with Crippen LogP contribution in [0.1, 0.15) is 31.4 Å². The fourth-order valence-corrected chi connectivity index (χ4v) is 3.71. The smallest absolute Gasteiger partial charge is 0.267 e. The Bertz CT molecular complexity index is 1170. The van der Waals surface area contributed by atoms with E-state index in [4.69, 9.17) is 9.47 Å². The SMILES string of the molecule is CCCN1C(=O)C(C)Oc2ccc(NC(=O)/C=C/c3ccc(OCc4ccccc4)cc3)cc21. The van der Waals surface area contributed by atoms with Gasteiger partial charge in [0.25, 0.3) is 5.91 Å². The summed E-state index contributed by atoms with van der Waals surface area (Å²) >= 11 is 0. The molecule has 0 spiro atoms. The summed E-state index contributed by atoms with van der Waals surface area (Å²) in [6.45, 7) is 4.87. The van der Waals surface area contributed by atoms with Crippen molar-refractivity contribution in [1.29, 1.82) is 0 Å². The summed E-state index contributed by atoms with van der Waals surface area (Å²) in [4.78, 5) is 26.7. The standard InChI is InChI=1S/C28H28N2O4/c1-3-17-30-25-18-23(12-15-26(25)34-20(2)28(30)32)29-27(31)16-11-21-9-13-24(14-10-21)33-19-22-7-5-4-6-8-22/h4-16,18,20H,3,17,19H2,1-2H3,(H,29,31)/b16-11+.